The first-order chi connectivity index (χ1) is 13.2. The third-order valence-electron chi connectivity index (χ3n) is 4.90. The van der Waals surface area contributed by atoms with Gasteiger partial charge in [0.2, 0.25) is 0 Å². The van der Waals surface area contributed by atoms with Crippen LogP contribution in [-0.2, 0) is 9.53 Å². The number of benzene rings is 2. The Bertz CT molecular complexity index is 852. The van der Waals surface area contributed by atoms with Crippen LogP contribution in [0.2, 0.25) is 0 Å². The molecule has 0 saturated heterocycles. The van der Waals surface area contributed by atoms with Gasteiger partial charge < -0.3 is 15.2 Å². The van der Waals surface area contributed by atoms with E-state index in [1.165, 1.54) is 0 Å². The SMILES string of the molecule is C[C@@H]([C@@H](NC(=O)OCC1c2ccccc2-c2ccccc21)C(=O)O)C(F)(F)F. The molecule has 5 nitrogen and oxygen atoms in total. The summed E-state index contributed by atoms with van der Waals surface area (Å²) in [5.41, 5.74) is 3.88. The first-order valence-corrected chi connectivity index (χ1v) is 8.61. The van der Waals surface area contributed by atoms with Crippen molar-refractivity contribution in [2.45, 2.75) is 25.1 Å². The van der Waals surface area contributed by atoms with Crippen LogP contribution in [0.15, 0.2) is 48.5 Å². The highest BCUT2D eigenvalue weighted by atomic mass is 19.4. The van der Waals surface area contributed by atoms with Crippen molar-refractivity contribution >= 4 is 12.1 Å². The minimum atomic E-state index is -4.76. The number of nitrogens with one attached hydrogen (secondary N) is 1. The maximum absolute atomic E-state index is 12.8. The zero-order valence-electron chi connectivity index (χ0n) is 14.9. The molecule has 0 unspecified atom stereocenters. The molecule has 3 rings (SSSR count). The number of carbonyl (C=O) groups excluding carboxylic acids is 1. The summed E-state index contributed by atoms with van der Waals surface area (Å²) in [6.07, 6.45) is -5.97. The van der Waals surface area contributed by atoms with Crippen LogP contribution in [0.25, 0.3) is 11.1 Å². The molecule has 1 aliphatic carbocycles. The number of halogens is 3. The molecule has 0 aromatic heterocycles. The number of alkyl halides is 3. The number of hydrogen-bond donors (Lipinski definition) is 2. The predicted molar refractivity (Wildman–Crippen MR) is 94.8 cm³/mol. The monoisotopic (exact) mass is 393 g/mol. The summed E-state index contributed by atoms with van der Waals surface area (Å²) in [6.45, 7) is 0.578. The van der Waals surface area contributed by atoms with Crippen molar-refractivity contribution in [3.05, 3.63) is 59.7 Å². The van der Waals surface area contributed by atoms with Crippen molar-refractivity contribution in [2.75, 3.05) is 6.61 Å². The molecular weight excluding hydrogens is 375 g/mol. The molecule has 0 bridgehead atoms. The standard InChI is InChI=1S/C20H18F3NO4/c1-11(20(21,22)23)17(18(25)26)24-19(27)28-10-16-14-8-4-2-6-12(14)13-7-3-5-9-15(13)16/h2-9,11,16-17H,10H2,1H3,(H,24,27)(H,25,26)/t11-,17+/m0/s1. The number of ether oxygens (including phenoxy) is 1. The molecule has 0 radical (unpaired) electrons. The van der Waals surface area contributed by atoms with Gasteiger partial charge in [-0.1, -0.05) is 55.5 Å². The van der Waals surface area contributed by atoms with Crippen LogP contribution in [0.5, 0.6) is 0 Å². The highest BCUT2D eigenvalue weighted by molar-refractivity contribution is 5.81. The van der Waals surface area contributed by atoms with Gasteiger partial charge in [-0.2, -0.15) is 13.2 Å². The van der Waals surface area contributed by atoms with Gasteiger partial charge in [-0.15, -0.1) is 0 Å². The zero-order valence-corrected chi connectivity index (χ0v) is 14.9. The van der Waals surface area contributed by atoms with E-state index in [1.807, 2.05) is 53.8 Å². The van der Waals surface area contributed by atoms with E-state index in [-0.39, 0.29) is 12.5 Å². The third kappa shape index (κ3) is 3.81. The van der Waals surface area contributed by atoms with Crippen LogP contribution < -0.4 is 5.32 Å². The van der Waals surface area contributed by atoms with E-state index in [4.69, 9.17) is 9.84 Å². The second-order valence-corrected chi connectivity index (χ2v) is 6.62. The summed E-state index contributed by atoms with van der Waals surface area (Å²) in [5.74, 6) is -4.31. The summed E-state index contributed by atoms with van der Waals surface area (Å²) in [6, 6.07) is 13.0. The van der Waals surface area contributed by atoms with Gasteiger partial charge in [-0.3, -0.25) is 0 Å². The molecule has 8 heteroatoms. The molecule has 2 aromatic rings. The molecule has 0 spiro atoms. The largest absolute Gasteiger partial charge is 0.480 e. The van der Waals surface area contributed by atoms with Gasteiger partial charge in [0.15, 0.2) is 0 Å². The molecule has 2 atom stereocenters. The van der Waals surface area contributed by atoms with Crippen molar-refractivity contribution in [1.29, 1.82) is 0 Å². The average molecular weight is 393 g/mol. The van der Waals surface area contributed by atoms with Crippen LogP contribution >= 0.6 is 0 Å². The Morgan fingerprint density at radius 3 is 2.04 bits per heavy atom. The Labute approximate surface area is 159 Å². The van der Waals surface area contributed by atoms with Crippen molar-refractivity contribution in [2.24, 2.45) is 5.92 Å². The number of rotatable bonds is 5. The molecule has 0 saturated carbocycles. The summed E-state index contributed by atoms with van der Waals surface area (Å²) >= 11 is 0. The average Bonchev–Trinajstić information content (AvgIpc) is 2.97. The van der Waals surface area contributed by atoms with E-state index in [1.54, 1.807) is 0 Å². The van der Waals surface area contributed by atoms with Gasteiger partial charge in [0.25, 0.3) is 0 Å². The number of amides is 1. The van der Waals surface area contributed by atoms with Crippen LogP contribution in [0.4, 0.5) is 18.0 Å². The van der Waals surface area contributed by atoms with E-state index >= 15 is 0 Å². The Morgan fingerprint density at radius 1 is 1.07 bits per heavy atom. The van der Waals surface area contributed by atoms with Gasteiger partial charge in [-0.05, 0) is 22.3 Å². The van der Waals surface area contributed by atoms with Crippen LogP contribution in [0.1, 0.15) is 24.0 Å². The Kier molecular flexibility index (Phi) is 5.31. The third-order valence-corrected chi connectivity index (χ3v) is 4.90. The highest BCUT2D eigenvalue weighted by Crippen LogP contribution is 2.44. The van der Waals surface area contributed by atoms with E-state index < -0.39 is 30.2 Å². The van der Waals surface area contributed by atoms with Crippen LogP contribution in [-0.4, -0.2) is 36.0 Å². The fraction of sp³-hybridized carbons (Fsp3) is 0.300. The Morgan fingerprint density at radius 2 is 1.57 bits per heavy atom. The second kappa shape index (κ2) is 7.53. The number of fused-ring (bicyclic) bond motifs is 3. The number of carbonyl (C=O) groups is 2. The number of carboxylic acids is 1. The molecule has 2 N–H and O–H groups in total. The van der Waals surface area contributed by atoms with Gasteiger partial charge in [0.05, 0.1) is 5.92 Å². The van der Waals surface area contributed by atoms with Crippen molar-refractivity contribution in [3.63, 3.8) is 0 Å². The first kappa shape index (κ1) is 19.7. The topological polar surface area (TPSA) is 75.6 Å². The Balaban J connectivity index is 1.72. The summed E-state index contributed by atoms with van der Waals surface area (Å²) < 4.78 is 43.6. The van der Waals surface area contributed by atoms with Crippen molar-refractivity contribution < 1.29 is 32.6 Å². The highest BCUT2D eigenvalue weighted by Gasteiger charge is 2.45. The summed E-state index contributed by atoms with van der Waals surface area (Å²) in [5, 5.41) is 10.8. The molecule has 28 heavy (non-hydrogen) atoms. The maximum atomic E-state index is 12.8. The van der Waals surface area contributed by atoms with Gasteiger partial charge >= 0.3 is 18.2 Å². The van der Waals surface area contributed by atoms with Gasteiger partial charge in [0.1, 0.15) is 12.6 Å². The van der Waals surface area contributed by atoms with E-state index in [2.05, 4.69) is 0 Å². The fourth-order valence-electron chi connectivity index (χ4n) is 3.36. The zero-order chi connectivity index (χ0) is 20.5. The molecule has 2 aromatic carbocycles. The van der Waals surface area contributed by atoms with E-state index in [9.17, 15) is 22.8 Å². The van der Waals surface area contributed by atoms with Crippen LogP contribution in [0, 0.1) is 5.92 Å². The van der Waals surface area contributed by atoms with E-state index in [0.29, 0.717) is 6.92 Å². The number of aliphatic carboxylic acids is 1. The number of alkyl carbamates (subject to hydrolysis) is 1. The summed E-state index contributed by atoms with van der Waals surface area (Å²) in [7, 11) is 0. The molecule has 0 heterocycles. The molecule has 1 aliphatic rings. The predicted octanol–water partition coefficient (Wildman–Crippen LogP) is 4.18. The van der Waals surface area contributed by atoms with Gasteiger partial charge in [-0.25, -0.2) is 9.59 Å². The lowest BCUT2D eigenvalue weighted by Gasteiger charge is -2.23. The normalized spacial score (nSPS) is 15.3. The lowest BCUT2D eigenvalue weighted by atomic mass is 9.98. The van der Waals surface area contributed by atoms with Gasteiger partial charge in [0, 0.05) is 5.92 Å². The van der Waals surface area contributed by atoms with Crippen LogP contribution in [0.3, 0.4) is 0 Å². The lowest BCUT2D eigenvalue weighted by molar-refractivity contribution is -0.184. The lowest BCUT2D eigenvalue weighted by Crippen LogP contribution is -2.49. The minimum absolute atomic E-state index is 0.118. The number of hydrogen-bond acceptors (Lipinski definition) is 3. The number of carboxylic acid groups (broad SMARTS) is 1. The molecule has 0 aliphatic heterocycles. The van der Waals surface area contributed by atoms with E-state index in [0.717, 1.165) is 22.3 Å². The Hall–Kier alpha value is -3.03. The first-order valence-electron chi connectivity index (χ1n) is 8.61. The molecule has 1 amide bonds. The molecule has 148 valence electrons. The van der Waals surface area contributed by atoms with Crippen molar-refractivity contribution in [1.82, 2.24) is 5.32 Å². The summed E-state index contributed by atoms with van der Waals surface area (Å²) in [4.78, 5) is 23.1. The quantitative estimate of drug-likeness (QED) is 0.799. The molecular formula is C20H18F3NO4. The maximum Gasteiger partial charge on any atom is 0.407 e. The van der Waals surface area contributed by atoms with Crippen molar-refractivity contribution in [3.8, 4) is 11.1 Å². The smallest absolute Gasteiger partial charge is 0.407 e. The molecule has 0 fully saturated rings. The second-order valence-electron chi connectivity index (χ2n) is 6.62. The minimum Gasteiger partial charge on any atom is -0.480 e. The fourth-order valence-corrected chi connectivity index (χ4v) is 3.36.